The number of carbonyl (C=O) groups excluding carboxylic acids is 1. The quantitative estimate of drug-likeness (QED) is 0.771. The first-order chi connectivity index (χ1) is 10.00. The Labute approximate surface area is 129 Å². The van der Waals surface area contributed by atoms with Crippen LogP contribution in [0.1, 0.15) is 64.0 Å². The van der Waals surface area contributed by atoms with Crippen LogP contribution in [0.3, 0.4) is 0 Å². The molecule has 0 radical (unpaired) electrons. The fourth-order valence-electron chi connectivity index (χ4n) is 2.59. The van der Waals surface area contributed by atoms with Crippen molar-refractivity contribution in [3.8, 4) is 0 Å². The Hall–Kier alpha value is -1.35. The monoisotopic (exact) mass is 290 g/mol. The van der Waals surface area contributed by atoms with Gasteiger partial charge in [0.15, 0.2) is 0 Å². The average molecular weight is 290 g/mol. The van der Waals surface area contributed by atoms with Gasteiger partial charge in [0.05, 0.1) is 5.54 Å². The second kappa shape index (κ2) is 8.18. The van der Waals surface area contributed by atoms with Gasteiger partial charge >= 0.3 is 0 Å². The van der Waals surface area contributed by atoms with Gasteiger partial charge in [-0.1, -0.05) is 52.0 Å². The molecule has 21 heavy (non-hydrogen) atoms. The molecule has 0 aromatic heterocycles. The molecule has 1 atom stereocenters. The van der Waals surface area contributed by atoms with Gasteiger partial charge in [-0.2, -0.15) is 0 Å². The van der Waals surface area contributed by atoms with Crippen LogP contribution in [0.4, 0.5) is 0 Å². The Balaban J connectivity index is 2.64. The van der Waals surface area contributed by atoms with E-state index in [1.165, 1.54) is 11.1 Å². The molecule has 0 fully saturated rings. The Morgan fingerprint density at radius 3 is 2.19 bits per heavy atom. The molecule has 118 valence electrons. The van der Waals surface area contributed by atoms with E-state index in [1.54, 1.807) is 0 Å². The zero-order chi connectivity index (χ0) is 15.9. The van der Waals surface area contributed by atoms with Crippen LogP contribution in [0, 0.1) is 0 Å². The van der Waals surface area contributed by atoms with Crippen molar-refractivity contribution in [2.24, 2.45) is 5.73 Å². The number of benzene rings is 1. The molecule has 0 aliphatic heterocycles. The third-order valence-corrected chi connectivity index (χ3v) is 4.60. The van der Waals surface area contributed by atoms with Gasteiger partial charge in [-0.3, -0.25) is 4.79 Å². The van der Waals surface area contributed by atoms with E-state index in [0.717, 1.165) is 19.3 Å². The van der Waals surface area contributed by atoms with Crippen LogP contribution in [0.25, 0.3) is 0 Å². The van der Waals surface area contributed by atoms with Crippen LogP contribution < -0.4 is 11.1 Å². The zero-order valence-electron chi connectivity index (χ0n) is 13.9. The van der Waals surface area contributed by atoms with E-state index in [2.05, 4.69) is 57.3 Å². The van der Waals surface area contributed by atoms with Crippen molar-refractivity contribution in [3.63, 3.8) is 0 Å². The van der Waals surface area contributed by atoms with Crippen molar-refractivity contribution in [3.05, 3.63) is 35.4 Å². The SMILES string of the molecule is CCc1ccc(C(C)CC(=O)NC(CC)(CC)CN)cc1. The molecule has 1 rings (SSSR count). The maximum Gasteiger partial charge on any atom is 0.221 e. The Morgan fingerprint density at radius 2 is 1.76 bits per heavy atom. The molecule has 1 aromatic carbocycles. The number of aryl methyl sites for hydroxylation is 1. The normalized spacial score (nSPS) is 13.0. The van der Waals surface area contributed by atoms with Gasteiger partial charge in [0.2, 0.25) is 5.91 Å². The van der Waals surface area contributed by atoms with Gasteiger partial charge in [0.1, 0.15) is 0 Å². The molecule has 3 N–H and O–H groups in total. The maximum absolute atomic E-state index is 12.3. The summed E-state index contributed by atoms with van der Waals surface area (Å²) in [4.78, 5) is 12.3. The third-order valence-electron chi connectivity index (χ3n) is 4.60. The maximum atomic E-state index is 12.3. The lowest BCUT2D eigenvalue weighted by molar-refractivity contribution is -0.123. The summed E-state index contributed by atoms with van der Waals surface area (Å²) in [6.45, 7) is 8.88. The van der Waals surface area contributed by atoms with E-state index in [-0.39, 0.29) is 17.4 Å². The van der Waals surface area contributed by atoms with Crippen LogP contribution in [-0.2, 0) is 11.2 Å². The lowest BCUT2D eigenvalue weighted by atomic mass is 9.91. The number of hydrogen-bond donors (Lipinski definition) is 2. The highest BCUT2D eigenvalue weighted by Gasteiger charge is 2.26. The molecular weight excluding hydrogens is 260 g/mol. The van der Waals surface area contributed by atoms with E-state index >= 15 is 0 Å². The van der Waals surface area contributed by atoms with Gasteiger partial charge in [-0.05, 0) is 36.3 Å². The van der Waals surface area contributed by atoms with Crippen LogP contribution in [0.2, 0.25) is 0 Å². The molecule has 0 saturated carbocycles. The minimum Gasteiger partial charge on any atom is -0.349 e. The molecule has 1 aromatic rings. The first-order valence-corrected chi connectivity index (χ1v) is 8.10. The molecule has 0 aliphatic rings. The van der Waals surface area contributed by atoms with Crippen molar-refractivity contribution in [1.29, 1.82) is 0 Å². The lowest BCUT2D eigenvalue weighted by Crippen LogP contribution is -2.53. The topological polar surface area (TPSA) is 55.1 Å². The van der Waals surface area contributed by atoms with Crippen LogP contribution in [-0.4, -0.2) is 18.0 Å². The number of amides is 1. The highest BCUT2D eigenvalue weighted by molar-refractivity contribution is 5.77. The largest absolute Gasteiger partial charge is 0.349 e. The summed E-state index contributed by atoms with van der Waals surface area (Å²) in [5.41, 5.74) is 8.13. The van der Waals surface area contributed by atoms with Crippen LogP contribution in [0.5, 0.6) is 0 Å². The third kappa shape index (κ3) is 4.85. The molecule has 3 heteroatoms. The Bertz CT molecular complexity index is 427. The highest BCUT2D eigenvalue weighted by Crippen LogP contribution is 2.21. The van der Waals surface area contributed by atoms with E-state index < -0.39 is 0 Å². The molecule has 0 saturated heterocycles. The fraction of sp³-hybridized carbons (Fsp3) is 0.611. The van der Waals surface area contributed by atoms with Gasteiger partial charge in [-0.15, -0.1) is 0 Å². The van der Waals surface area contributed by atoms with Crippen molar-refractivity contribution >= 4 is 5.91 Å². The first-order valence-electron chi connectivity index (χ1n) is 8.10. The number of nitrogens with one attached hydrogen (secondary N) is 1. The van der Waals surface area contributed by atoms with Gasteiger partial charge < -0.3 is 11.1 Å². The summed E-state index contributed by atoms with van der Waals surface area (Å²) in [5, 5.41) is 3.14. The van der Waals surface area contributed by atoms with E-state index in [9.17, 15) is 4.79 Å². The smallest absolute Gasteiger partial charge is 0.221 e. The summed E-state index contributed by atoms with van der Waals surface area (Å²) in [6, 6.07) is 8.55. The fourth-order valence-corrected chi connectivity index (χ4v) is 2.59. The summed E-state index contributed by atoms with van der Waals surface area (Å²) in [5.74, 6) is 0.316. The number of carbonyl (C=O) groups is 1. The molecule has 1 unspecified atom stereocenters. The predicted octanol–water partition coefficient (Wildman–Crippen LogP) is 3.38. The average Bonchev–Trinajstić information content (AvgIpc) is 2.52. The molecule has 0 heterocycles. The lowest BCUT2D eigenvalue weighted by Gasteiger charge is -2.32. The summed E-state index contributed by atoms with van der Waals surface area (Å²) in [7, 11) is 0. The number of rotatable bonds is 8. The van der Waals surface area contributed by atoms with E-state index in [4.69, 9.17) is 5.73 Å². The van der Waals surface area contributed by atoms with Gasteiger partial charge in [0.25, 0.3) is 0 Å². The van der Waals surface area contributed by atoms with E-state index in [0.29, 0.717) is 13.0 Å². The van der Waals surface area contributed by atoms with Crippen molar-refractivity contribution in [1.82, 2.24) is 5.32 Å². The second-order valence-corrected chi connectivity index (χ2v) is 5.94. The first kappa shape index (κ1) is 17.7. The van der Waals surface area contributed by atoms with Crippen LogP contribution in [0.15, 0.2) is 24.3 Å². The Kier molecular flexibility index (Phi) is 6.90. The number of nitrogens with two attached hydrogens (primary N) is 1. The minimum absolute atomic E-state index is 0.0937. The summed E-state index contributed by atoms with van der Waals surface area (Å²) in [6.07, 6.45) is 3.28. The summed E-state index contributed by atoms with van der Waals surface area (Å²) >= 11 is 0. The molecule has 0 bridgehead atoms. The van der Waals surface area contributed by atoms with E-state index in [1.807, 2.05) is 0 Å². The van der Waals surface area contributed by atoms with Crippen molar-refractivity contribution in [2.45, 2.75) is 64.8 Å². The molecule has 1 amide bonds. The van der Waals surface area contributed by atoms with Gasteiger partial charge in [-0.25, -0.2) is 0 Å². The predicted molar refractivity (Wildman–Crippen MR) is 89.4 cm³/mol. The Morgan fingerprint density at radius 1 is 1.19 bits per heavy atom. The highest BCUT2D eigenvalue weighted by atomic mass is 16.1. The van der Waals surface area contributed by atoms with Crippen molar-refractivity contribution in [2.75, 3.05) is 6.54 Å². The molecule has 3 nitrogen and oxygen atoms in total. The molecular formula is C18H30N2O. The standard InChI is InChI=1S/C18H30N2O/c1-5-15-8-10-16(11-9-15)14(4)12-17(21)20-18(6-2,7-3)13-19/h8-11,14H,5-7,12-13,19H2,1-4H3,(H,20,21). The minimum atomic E-state index is -0.247. The zero-order valence-corrected chi connectivity index (χ0v) is 13.9. The second-order valence-electron chi connectivity index (χ2n) is 5.94. The molecule has 0 spiro atoms. The van der Waals surface area contributed by atoms with Crippen LogP contribution >= 0.6 is 0 Å². The van der Waals surface area contributed by atoms with Crippen molar-refractivity contribution < 1.29 is 4.79 Å². The molecule has 0 aliphatic carbocycles. The number of hydrogen-bond acceptors (Lipinski definition) is 2. The summed E-state index contributed by atoms with van der Waals surface area (Å²) < 4.78 is 0. The van der Waals surface area contributed by atoms with Gasteiger partial charge in [0, 0.05) is 13.0 Å².